The Hall–Kier alpha value is -1.00. The molecule has 1 aromatic carbocycles. The van der Waals surface area contributed by atoms with Crippen molar-refractivity contribution in [3.63, 3.8) is 0 Å². The van der Waals surface area contributed by atoms with Crippen LogP contribution in [0.2, 0.25) is 5.02 Å². The summed E-state index contributed by atoms with van der Waals surface area (Å²) in [5.41, 5.74) is 2.19. The predicted molar refractivity (Wildman–Crippen MR) is 79.1 cm³/mol. The Morgan fingerprint density at radius 2 is 2.22 bits per heavy atom. The maximum absolute atomic E-state index is 5.96. The third kappa shape index (κ3) is 3.27. The number of aromatic nitrogens is 2. The van der Waals surface area contributed by atoms with E-state index < -0.39 is 0 Å². The SMILES string of the molecule is CC(C)n1cc(NCc2ccc(Cl)c(Br)c2)cn1. The summed E-state index contributed by atoms with van der Waals surface area (Å²) in [7, 11) is 0. The fourth-order valence-corrected chi connectivity index (χ4v) is 2.11. The van der Waals surface area contributed by atoms with E-state index in [1.54, 1.807) is 0 Å². The number of benzene rings is 1. The molecule has 2 aromatic rings. The Kier molecular flexibility index (Phi) is 4.30. The molecule has 18 heavy (non-hydrogen) atoms. The van der Waals surface area contributed by atoms with Crippen LogP contribution in [0.25, 0.3) is 0 Å². The van der Waals surface area contributed by atoms with E-state index in [1.165, 1.54) is 5.56 Å². The third-order valence-electron chi connectivity index (χ3n) is 2.61. The van der Waals surface area contributed by atoms with Gasteiger partial charge in [-0.3, -0.25) is 4.68 Å². The van der Waals surface area contributed by atoms with Crippen LogP contribution < -0.4 is 5.32 Å². The number of rotatable bonds is 4. The highest BCUT2D eigenvalue weighted by Gasteiger charge is 2.02. The molecule has 0 fully saturated rings. The molecular weight excluding hydrogens is 314 g/mol. The molecule has 1 N–H and O–H groups in total. The molecule has 0 spiro atoms. The van der Waals surface area contributed by atoms with Gasteiger partial charge in [-0.15, -0.1) is 0 Å². The highest BCUT2D eigenvalue weighted by molar-refractivity contribution is 9.10. The molecular formula is C13H15BrClN3. The summed E-state index contributed by atoms with van der Waals surface area (Å²) in [5, 5.41) is 8.35. The second kappa shape index (κ2) is 5.76. The summed E-state index contributed by atoms with van der Waals surface area (Å²) in [6, 6.07) is 6.29. The smallest absolute Gasteiger partial charge is 0.0729 e. The number of nitrogens with zero attached hydrogens (tertiary/aromatic N) is 2. The average molecular weight is 329 g/mol. The lowest BCUT2D eigenvalue weighted by Crippen LogP contribution is -2.01. The quantitative estimate of drug-likeness (QED) is 0.896. The zero-order valence-corrected chi connectivity index (χ0v) is 12.7. The number of halogens is 2. The van der Waals surface area contributed by atoms with Crippen molar-refractivity contribution < 1.29 is 0 Å². The zero-order valence-electron chi connectivity index (χ0n) is 10.3. The number of hydrogen-bond donors (Lipinski definition) is 1. The first-order valence-electron chi connectivity index (χ1n) is 5.78. The largest absolute Gasteiger partial charge is 0.378 e. The van der Waals surface area contributed by atoms with Gasteiger partial charge < -0.3 is 5.32 Å². The van der Waals surface area contributed by atoms with E-state index in [0.29, 0.717) is 6.04 Å². The molecule has 1 aromatic heterocycles. The normalized spacial score (nSPS) is 10.9. The second-order valence-electron chi connectivity index (χ2n) is 4.40. The lowest BCUT2D eigenvalue weighted by Gasteiger charge is -2.06. The van der Waals surface area contributed by atoms with E-state index >= 15 is 0 Å². The van der Waals surface area contributed by atoms with Gasteiger partial charge in [0.05, 0.1) is 16.9 Å². The molecule has 1 heterocycles. The summed E-state index contributed by atoms with van der Waals surface area (Å²) >= 11 is 9.37. The standard InChI is InChI=1S/C13H15BrClN3/c1-9(2)18-8-11(7-17-18)16-6-10-3-4-13(15)12(14)5-10/h3-5,7-9,16H,6H2,1-2H3. The first kappa shape index (κ1) is 13.4. The molecule has 0 unspecified atom stereocenters. The molecule has 5 heteroatoms. The topological polar surface area (TPSA) is 29.9 Å². The summed E-state index contributed by atoms with van der Waals surface area (Å²) in [5.74, 6) is 0. The third-order valence-corrected chi connectivity index (χ3v) is 3.83. The van der Waals surface area contributed by atoms with E-state index in [4.69, 9.17) is 11.6 Å². The van der Waals surface area contributed by atoms with E-state index in [1.807, 2.05) is 35.3 Å². The Morgan fingerprint density at radius 1 is 1.44 bits per heavy atom. The van der Waals surface area contributed by atoms with Crippen molar-refractivity contribution in [1.29, 1.82) is 0 Å². The van der Waals surface area contributed by atoms with Gasteiger partial charge in [0.2, 0.25) is 0 Å². The van der Waals surface area contributed by atoms with Crippen LogP contribution in [0.5, 0.6) is 0 Å². The first-order valence-corrected chi connectivity index (χ1v) is 6.95. The molecule has 0 radical (unpaired) electrons. The molecule has 0 saturated heterocycles. The van der Waals surface area contributed by atoms with Gasteiger partial charge in [0.15, 0.2) is 0 Å². The molecule has 3 nitrogen and oxygen atoms in total. The van der Waals surface area contributed by atoms with Gasteiger partial charge in [0.25, 0.3) is 0 Å². The number of anilines is 1. The van der Waals surface area contributed by atoms with Gasteiger partial charge in [-0.2, -0.15) is 5.10 Å². The molecule has 2 rings (SSSR count). The Bertz CT molecular complexity index is 537. The fraction of sp³-hybridized carbons (Fsp3) is 0.308. The van der Waals surface area contributed by atoms with E-state index in [0.717, 1.165) is 21.7 Å². The number of nitrogens with one attached hydrogen (secondary N) is 1. The Labute approximate surface area is 120 Å². The highest BCUT2D eigenvalue weighted by atomic mass is 79.9. The molecule has 0 atom stereocenters. The zero-order chi connectivity index (χ0) is 13.1. The van der Waals surface area contributed by atoms with Gasteiger partial charge in [-0.05, 0) is 47.5 Å². The van der Waals surface area contributed by atoms with Crippen molar-refractivity contribution in [3.05, 3.63) is 45.7 Å². The van der Waals surface area contributed by atoms with Gasteiger partial charge in [0, 0.05) is 23.3 Å². The van der Waals surface area contributed by atoms with Crippen LogP contribution in [0.3, 0.4) is 0 Å². The van der Waals surface area contributed by atoms with Crippen LogP contribution in [-0.4, -0.2) is 9.78 Å². The Morgan fingerprint density at radius 3 is 2.83 bits per heavy atom. The van der Waals surface area contributed by atoms with Crippen molar-refractivity contribution in [2.45, 2.75) is 26.4 Å². The molecule has 0 bridgehead atoms. The molecule has 0 aliphatic rings. The van der Waals surface area contributed by atoms with Gasteiger partial charge in [0.1, 0.15) is 0 Å². The number of hydrogen-bond acceptors (Lipinski definition) is 2. The minimum absolute atomic E-state index is 0.380. The van der Waals surface area contributed by atoms with Crippen LogP contribution >= 0.6 is 27.5 Å². The van der Waals surface area contributed by atoms with Gasteiger partial charge in [-0.1, -0.05) is 17.7 Å². The summed E-state index contributed by atoms with van der Waals surface area (Å²) in [6.45, 7) is 4.96. The van der Waals surface area contributed by atoms with Crippen molar-refractivity contribution >= 4 is 33.2 Å². The second-order valence-corrected chi connectivity index (χ2v) is 5.67. The van der Waals surface area contributed by atoms with Crippen molar-refractivity contribution in [2.24, 2.45) is 0 Å². The lowest BCUT2D eigenvalue weighted by atomic mass is 10.2. The minimum Gasteiger partial charge on any atom is -0.378 e. The first-order chi connectivity index (χ1) is 8.56. The van der Waals surface area contributed by atoms with E-state index in [9.17, 15) is 0 Å². The van der Waals surface area contributed by atoms with Crippen LogP contribution in [0.1, 0.15) is 25.5 Å². The van der Waals surface area contributed by atoms with Crippen molar-refractivity contribution in [1.82, 2.24) is 9.78 Å². The molecule has 0 amide bonds. The summed E-state index contributed by atoms with van der Waals surface area (Å²) in [6.07, 6.45) is 3.85. The predicted octanol–water partition coefficient (Wildman–Crippen LogP) is 4.49. The summed E-state index contributed by atoms with van der Waals surface area (Å²) in [4.78, 5) is 0. The maximum Gasteiger partial charge on any atom is 0.0729 e. The fourth-order valence-electron chi connectivity index (χ4n) is 1.57. The van der Waals surface area contributed by atoms with Crippen LogP contribution in [0, 0.1) is 0 Å². The molecule has 0 aliphatic heterocycles. The van der Waals surface area contributed by atoms with Gasteiger partial charge in [-0.25, -0.2) is 0 Å². The van der Waals surface area contributed by atoms with Crippen molar-refractivity contribution in [3.8, 4) is 0 Å². The van der Waals surface area contributed by atoms with Crippen LogP contribution in [-0.2, 0) is 6.54 Å². The van der Waals surface area contributed by atoms with Crippen molar-refractivity contribution in [2.75, 3.05) is 5.32 Å². The van der Waals surface area contributed by atoms with Crippen LogP contribution in [0.15, 0.2) is 35.1 Å². The molecule has 0 saturated carbocycles. The highest BCUT2D eigenvalue weighted by Crippen LogP contribution is 2.23. The summed E-state index contributed by atoms with van der Waals surface area (Å²) < 4.78 is 2.85. The molecule has 0 aliphatic carbocycles. The molecule has 96 valence electrons. The van der Waals surface area contributed by atoms with E-state index in [-0.39, 0.29) is 0 Å². The monoisotopic (exact) mass is 327 g/mol. The minimum atomic E-state index is 0.380. The van der Waals surface area contributed by atoms with Gasteiger partial charge >= 0.3 is 0 Å². The lowest BCUT2D eigenvalue weighted by molar-refractivity contribution is 0.532. The van der Waals surface area contributed by atoms with E-state index in [2.05, 4.69) is 40.2 Å². The average Bonchev–Trinajstić information content (AvgIpc) is 2.79. The maximum atomic E-state index is 5.96. The van der Waals surface area contributed by atoms with Crippen LogP contribution in [0.4, 0.5) is 5.69 Å². The Balaban J connectivity index is 2.00.